The Hall–Kier alpha value is -1.10. The van der Waals surface area contributed by atoms with Gasteiger partial charge in [0.2, 0.25) is 5.91 Å². The standard InChI is InChI=1S/C10H17NO4/c1-7(2)3-4-11-8(12)10(9(13)14)5-15-6-10/h7H,3-6H2,1-2H3,(H,11,12)(H,13,14). The van der Waals surface area contributed by atoms with Gasteiger partial charge in [0.15, 0.2) is 5.41 Å². The van der Waals surface area contributed by atoms with E-state index in [-0.39, 0.29) is 13.2 Å². The van der Waals surface area contributed by atoms with Gasteiger partial charge in [0.25, 0.3) is 0 Å². The lowest BCUT2D eigenvalue weighted by molar-refractivity contribution is -0.185. The van der Waals surface area contributed by atoms with Crippen LogP contribution in [-0.2, 0) is 14.3 Å². The van der Waals surface area contributed by atoms with E-state index < -0.39 is 17.3 Å². The molecule has 0 spiro atoms. The normalized spacial score (nSPS) is 18.3. The van der Waals surface area contributed by atoms with Gasteiger partial charge >= 0.3 is 5.97 Å². The molecule has 86 valence electrons. The van der Waals surface area contributed by atoms with Crippen molar-refractivity contribution in [2.24, 2.45) is 11.3 Å². The minimum absolute atomic E-state index is 0.0180. The van der Waals surface area contributed by atoms with Crippen molar-refractivity contribution in [3.63, 3.8) is 0 Å². The van der Waals surface area contributed by atoms with Crippen LogP contribution in [0.3, 0.4) is 0 Å². The summed E-state index contributed by atoms with van der Waals surface area (Å²) in [4.78, 5) is 22.5. The summed E-state index contributed by atoms with van der Waals surface area (Å²) in [5.41, 5.74) is -1.34. The summed E-state index contributed by atoms with van der Waals surface area (Å²) in [6.07, 6.45) is 0.850. The number of carboxylic acids is 1. The zero-order chi connectivity index (χ0) is 11.5. The van der Waals surface area contributed by atoms with Crippen molar-refractivity contribution in [3.8, 4) is 0 Å². The third kappa shape index (κ3) is 2.47. The van der Waals surface area contributed by atoms with Gasteiger partial charge in [-0.2, -0.15) is 0 Å². The maximum Gasteiger partial charge on any atom is 0.324 e. The fraction of sp³-hybridized carbons (Fsp3) is 0.800. The largest absolute Gasteiger partial charge is 0.480 e. The van der Waals surface area contributed by atoms with E-state index >= 15 is 0 Å². The van der Waals surface area contributed by atoms with Gasteiger partial charge in [-0.05, 0) is 12.3 Å². The lowest BCUT2D eigenvalue weighted by Gasteiger charge is -2.35. The number of hydrogen-bond donors (Lipinski definition) is 2. The Morgan fingerprint density at radius 2 is 2.07 bits per heavy atom. The molecule has 1 aliphatic rings. The van der Waals surface area contributed by atoms with Crippen LogP contribution in [0.4, 0.5) is 0 Å². The number of hydrogen-bond acceptors (Lipinski definition) is 3. The van der Waals surface area contributed by atoms with Crippen molar-refractivity contribution < 1.29 is 19.4 Å². The second kappa shape index (κ2) is 4.61. The van der Waals surface area contributed by atoms with Crippen LogP contribution in [0.25, 0.3) is 0 Å². The summed E-state index contributed by atoms with van der Waals surface area (Å²) in [6, 6.07) is 0. The average molecular weight is 215 g/mol. The number of amides is 1. The fourth-order valence-corrected chi connectivity index (χ4v) is 1.30. The van der Waals surface area contributed by atoms with E-state index in [0.29, 0.717) is 12.5 Å². The first kappa shape index (κ1) is 12.0. The van der Waals surface area contributed by atoms with Gasteiger partial charge in [-0.15, -0.1) is 0 Å². The molecule has 2 N–H and O–H groups in total. The molecule has 1 amide bonds. The molecule has 1 rings (SSSR count). The van der Waals surface area contributed by atoms with Crippen LogP contribution in [0, 0.1) is 11.3 Å². The third-order valence-corrected chi connectivity index (χ3v) is 2.55. The van der Waals surface area contributed by atoms with Crippen molar-refractivity contribution in [1.82, 2.24) is 5.32 Å². The lowest BCUT2D eigenvalue weighted by atomic mass is 9.85. The van der Waals surface area contributed by atoms with Gasteiger partial charge in [-0.1, -0.05) is 13.8 Å². The molecule has 1 heterocycles. The van der Waals surface area contributed by atoms with Crippen LogP contribution < -0.4 is 5.32 Å². The molecule has 15 heavy (non-hydrogen) atoms. The zero-order valence-corrected chi connectivity index (χ0v) is 9.08. The Kier molecular flexibility index (Phi) is 3.68. The van der Waals surface area contributed by atoms with Gasteiger partial charge in [-0.3, -0.25) is 9.59 Å². The van der Waals surface area contributed by atoms with E-state index in [0.717, 1.165) is 6.42 Å². The first-order valence-electron chi connectivity index (χ1n) is 5.08. The number of ether oxygens (including phenoxy) is 1. The monoisotopic (exact) mass is 215 g/mol. The van der Waals surface area contributed by atoms with E-state index in [2.05, 4.69) is 5.32 Å². The molecular formula is C10H17NO4. The van der Waals surface area contributed by atoms with Gasteiger partial charge < -0.3 is 15.2 Å². The molecule has 5 heteroatoms. The Balaban J connectivity index is 2.42. The average Bonchev–Trinajstić information content (AvgIpc) is 1.99. The Morgan fingerprint density at radius 1 is 1.47 bits per heavy atom. The number of aliphatic carboxylic acids is 1. The fourth-order valence-electron chi connectivity index (χ4n) is 1.30. The van der Waals surface area contributed by atoms with Crippen molar-refractivity contribution in [1.29, 1.82) is 0 Å². The van der Waals surface area contributed by atoms with E-state index in [9.17, 15) is 9.59 Å². The van der Waals surface area contributed by atoms with Crippen molar-refractivity contribution in [3.05, 3.63) is 0 Å². The molecule has 0 aromatic heterocycles. The molecule has 0 aliphatic carbocycles. The molecule has 0 radical (unpaired) electrons. The smallest absolute Gasteiger partial charge is 0.324 e. The van der Waals surface area contributed by atoms with E-state index in [1.165, 1.54) is 0 Å². The highest BCUT2D eigenvalue weighted by molar-refractivity contribution is 6.03. The molecule has 1 aliphatic heterocycles. The van der Waals surface area contributed by atoms with E-state index in [1.807, 2.05) is 13.8 Å². The van der Waals surface area contributed by atoms with Crippen molar-refractivity contribution >= 4 is 11.9 Å². The Bertz CT molecular complexity index is 258. The molecule has 0 aromatic carbocycles. The summed E-state index contributed by atoms with van der Waals surface area (Å²) >= 11 is 0. The zero-order valence-electron chi connectivity index (χ0n) is 9.08. The molecule has 0 bridgehead atoms. The molecule has 0 unspecified atom stereocenters. The second-order valence-electron chi connectivity index (χ2n) is 4.32. The minimum atomic E-state index is -1.34. The Morgan fingerprint density at radius 3 is 2.40 bits per heavy atom. The number of carbonyl (C=O) groups excluding carboxylic acids is 1. The summed E-state index contributed by atoms with van der Waals surface area (Å²) in [6.45, 7) is 4.58. The van der Waals surface area contributed by atoms with Crippen LogP contribution in [0.1, 0.15) is 20.3 Å². The first-order valence-corrected chi connectivity index (χ1v) is 5.08. The molecule has 0 saturated carbocycles. The highest BCUT2D eigenvalue weighted by atomic mass is 16.5. The van der Waals surface area contributed by atoms with Crippen LogP contribution in [-0.4, -0.2) is 36.7 Å². The highest BCUT2D eigenvalue weighted by Gasteiger charge is 2.53. The number of rotatable bonds is 5. The predicted octanol–water partition coefficient (Wildman–Crippen LogP) is 0.250. The summed E-state index contributed by atoms with van der Waals surface area (Å²) in [5, 5.41) is 11.6. The van der Waals surface area contributed by atoms with Crippen LogP contribution in [0.2, 0.25) is 0 Å². The van der Waals surface area contributed by atoms with Crippen LogP contribution >= 0.6 is 0 Å². The number of carboxylic acid groups (broad SMARTS) is 1. The Labute approximate surface area is 88.8 Å². The molecule has 1 saturated heterocycles. The third-order valence-electron chi connectivity index (χ3n) is 2.55. The lowest BCUT2D eigenvalue weighted by Crippen LogP contribution is -2.59. The summed E-state index contributed by atoms with van der Waals surface area (Å²) in [7, 11) is 0. The molecule has 0 atom stereocenters. The maximum absolute atomic E-state index is 11.6. The maximum atomic E-state index is 11.6. The molecule has 0 aromatic rings. The SMILES string of the molecule is CC(C)CCNC(=O)C1(C(=O)O)COC1. The first-order chi connectivity index (χ1) is 6.99. The van der Waals surface area contributed by atoms with E-state index in [4.69, 9.17) is 9.84 Å². The van der Waals surface area contributed by atoms with Gasteiger partial charge in [0, 0.05) is 6.54 Å². The van der Waals surface area contributed by atoms with Crippen molar-refractivity contribution in [2.45, 2.75) is 20.3 Å². The summed E-state index contributed by atoms with van der Waals surface area (Å²) in [5.74, 6) is -1.04. The minimum Gasteiger partial charge on any atom is -0.480 e. The highest BCUT2D eigenvalue weighted by Crippen LogP contribution is 2.27. The number of nitrogens with one attached hydrogen (secondary N) is 1. The van der Waals surface area contributed by atoms with Gasteiger partial charge in [-0.25, -0.2) is 0 Å². The predicted molar refractivity (Wildman–Crippen MR) is 53.4 cm³/mol. The van der Waals surface area contributed by atoms with E-state index in [1.54, 1.807) is 0 Å². The number of carbonyl (C=O) groups is 2. The quantitative estimate of drug-likeness (QED) is 0.644. The summed E-state index contributed by atoms with van der Waals surface area (Å²) < 4.78 is 4.81. The van der Waals surface area contributed by atoms with Crippen LogP contribution in [0.15, 0.2) is 0 Å². The molecule has 1 fully saturated rings. The van der Waals surface area contributed by atoms with Crippen molar-refractivity contribution in [2.75, 3.05) is 19.8 Å². The van der Waals surface area contributed by atoms with Crippen LogP contribution in [0.5, 0.6) is 0 Å². The van der Waals surface area contributed by atoms with Gasteiger partial charge in [0.05, 0.1) is 13.2 Å². The molecule has 5 nitrogen and oxygen atoms in total. The topological polar surface area (TPSA) is 75.6 Å². The second-order valence-corrected chi connectivity index (χ2v) is 4.32. The molecular weight excluding hydrogens is 198 g/mol. The van der Waals surface area contributed by atoms with Gasteiger partial charge in [0.1, 0.15) is 0 Å².